The van der Waals surface area contributed by atoms with Gasteiger partial charge in [-0.25, -0.2) is 0 Å². The monoisotopic (exact) mass is 304 g/mol. The van der Waals surface area contributed by atoms with E-state index in [1.807, 2.05) is 0 Å². The number of hydrogen-bond donors (Lipinski definition) is 2. The van der Waals surface area contributed by atoms with E-state index in [2.05, 4.69) is 5.32 Å². The molecule has 0 bridgehead atoms. The Kier molecular flexibility index (Phi) is 4.44. The molecule has 1 amide bonds. The van der Waals surface area contributed by atoms with Gasteiger partial charge in [-0.15, -0.1) is 0 Å². The first kappa shape index (κ1) is 14.9. The summed E-state index contributed by atoms with van der Waals surface area (Å²) in [4.78, 5) is 23.0. The van der Waals surface area contributed by atoms with Crippen molar-refractivity contribution in [2.45, 2.75) is 9.79 Å². The number of nitrogens with zero attached hydrogens (tertiary/aromatic N) is 1. The Bertz CT molecular complexity index is 703. The lowest BCUT2D eigenvalue weighted by Gasteiger charge is -2.06. The minimum atomic E-state index is -0.547. The number of benzene rings is 2. The third-order valence-electron chi connectivity index (χ3n) is 2.73. The number of phenolic OH excluding ortho intramolecular Hbond substituents is 1. The highest BCUT2D eigenvalue weighted by Crippen LogP contribution is 2.39. The molecule has 2 aromatic rings. The first-order valence-corrected chi connectivity index (χ1v) is 6.81. The fraction of sp³-hybridized carbons (Fsp3) is 0.0714. The fourth-order valence-corrected chi connectivity index (χ4v) is 2.62. The quantitative estimate of drug-likeness (QED) is 0.669. The van der Waals surface area contributed by atoms with E-state index >= 15 is 0 Å². The van der Waals surface area contributed by atoms with Crippen LogP contribution in [-0.2, 0) is 0 Å². The number of nitro benzene ring substituents is 1. The number of rotatable bonds is 4. The van der Waals surface area contributed by atoms with Gasteiger partial charge in [0.25, 0.3) is 11.6 Å². The van der Waals surface area contributed by atoms with Crippen LogP contribution in [0.25, 0.3) is 0 Å². The molecular formula is C14H12N2O4S. The minimum Gasteiger partial charge on any atom is -0.507 e. The first-order valence-electron chi connectivity index (χ1n) is 5.99. The maximum absolute atomic E-state index is 11.5. The van der Waals surface area contributed by atoms with Gasteiger partial charge in [0, 0.05) is 18.7 Å². The summed E-state index contributed by atoms with van der Waals surface area (Å²) in [5.41, 5.74) is 0.0372. The molecule has 0 saturated carbocycles. The van der Waals surface area contributed by atoms with Crippen molar-refractivity contribution in [2.24, 2.45) is 0 Å². The molecule has 0 aliphatic rings. The van der Waals surface area contributed by atoms with E-state index in [1.54, 1.807) is 18.2 Å². The Morgan fingerprint density at radius 2 is 1.95 bits per heavy atom. The van der Waals surface area contributed by atoms with Crippen LogP contribution in [0.3, 0.4) is 0 Å². The second-order valence-electron chi connectivity index (χ2n) is 4.09. The summed E-state index contributed by atoms with van der Waals surface area (Å²) in [6.45, 7) is 0. The molecule has 0 aliphatic heterocycles. The number of phenols is 1. The van der Waals surface area contributed by atoms with Crippen LogP contribution in [0.2, 0.25) is 0 Å². The number of carbonyl (C=O) groups excluding carboxylic acids is 1. The Labute approximate surface area is 125 Å². The van der Waals surface area contributed by atoms with Crippen molar-refractivity contribution in [3.63, 3.8) is 0 Å². The molecule has 0 unspecified atom stereocenters. The second-order valence-corrected chi connectivity index (χ2v) is 5.17. The van der Waals surface area contributed by atoms with Crippen LogP contribution in [0.5, 0.6) is 5.75 Å². The molecule has 6 nitrogen and oxygen atoms in total. The minimum absolute atomic E-state index is 0.0483. The van der Waals surface area contributed by atoms with Crippen LogP contribution in [0.15, 0.2) is 52.3 Å². The topological polar surface area (TPSA) is 92.5 Å². The van der Waals surface area contributed by atoms with Crippen molar-refractivity contribution in [2.75, 3.05) is 7.05 Å². The van der Waals surface area contributed by atoms with Gasteiger partial charge in [-0.3, -0.25) is 14.9 Å². The summed E-state index contributed by atoms with van der Waals surface area (Å²) in [5.74, 6) is -0.343. The molecule has 7 heteroatoms. The van der Waals surface area contributed by atoms with Crippen molar-refractivity contribution in [1.82, 2.24) is 5.32 Å². The summed E-state index contributed by atoms with van der Waals surface area (Å²) in [5, 5.41) is 23.3. The third kappa shape index (κ3) is 3.32. The van der Waals surface area contributed by atoms with Crippen molar-refractivity contribution in [1.29, 1.82) is 0 Å². The summed E-state index contributed by atoms with van der Waals surface area (Å²) in [7, 11) is 1.46. The van der Waals surface area contributed by atoms with Crippen LogP contribution in [-0.4, -0.2) is 23.0 Å². The van der Waals surface area contributed by atoms with Crippen molar-refractivity contribution in [3.8, 4) is 5.75 Å². The van der Waals surface area contributed by atoms with Gasteiger partial charge in [-0.05, 0) is 24.3 Å². The number of nitro groups is 1. The molecule has 2 rings (SSSR count). The lowest BCUT2D eigenvalue weighted by atomic mass is 10.2. The molecule has 0 radical (unpaired) electrons. The zero-order valence-electron chi connectivity index (χ0n) is 11.1. The smallest absolute Gasteiger partial charge is 0.284 e. The van der Waals surface area contributed by atoms with Gasteiger partial charge < -0.3 is 10.4 Å². The van der Waals surface area contributed by atoms with Gasteiger partial charge in [-0.1, -0.05) is 23.9 Å². The Morgan fingerprint density at radius 3 is 2.57 bits per heavy atom. The van der Waals surface area contributed by atoms with Crippen LogP contribution >= 0.6 is 11.8 Å². The van der Waals surface area contributed by atoms with E-state index in [9.17, 15) is 20.0 Å². The van der Waals surface area contributed by atoms with Gasteiger partial charge in [0.05, 0.1) is 14.7 Å². The Balaban J connectivity index is 2.42. The first-order chi connectivity index (χ1) is 10.0. The summed E-state index contributed by atoms with van der Waals surface area (Å²) in [6, 6.07) is 10.8. The van der Waals surface area contributed by atoms with Gasteiger partial charge in [0.15, 0.2) is 0 Å². The zero-order chi connectivity index (χ0) is 15.4. The molecule has 0 atom stereocenters. The number of aromatic hydroxyl groups is 1. The molecule has 0 spiro atoms. The normalized spacial score (nSPS) is 10.1. The van der Waals surface area contributed by atoms with E-state index in [-0.39, 0.29) is 17.0 Å². The highest BCUT2D eigenvalue weighted by Gasteiger charge is 2.18. The van der Waals surface area contributed by atoms with E-state index in [0.29, 0.717) is 9.79 Å². The summed E-state index contributed by atoms with van der Waals surface area (Å²) >= 11 is 1.07. The number of carbonyl (C=O) groups is 1. The van der Waals surface area contributed by atoms with Crippen LogP contribution in [0.1, 0.15) is 10.4 Å². The molecule has 2 aromatic carbocycles. The Hall–Kier alpha value is -2.54. The van der Waals surface area contributed by atoms with Crippen LogP contribution in [0, 0.1) is 10.1 Å². The summed E-state index contributed by atoms with van der Waals surface area (Å²) in [6.07, 6.45) is 0. The number of hydrogen-bond acceptors (Lipinski definition) is 5. The van der Waals surface area contributed by atoms with Gasteiger partial charge in [0.1, 0.15) is 5.75 Å². The van der Waals surface area contributed by atoms with Crippen molar-refractivity contribution < 1.29 is 14.8 Å². The number of para-hydroxylation sites is 1. The molecule has 0 fully saturated rings. The van der Waals surface area contributed by atoms with Crippen molar-refractivity contribution >= 4 is 23.4 Å². The van der Waals surface area contributed by atoms with Gasteiger partial charge in [-0.2, -0.15) is 0 Å². The second kappa shape index (κ2) is 6.27. The molecule has 0 aliphatic carbocycles. The van der Waals surface area contributed by atoms with E-state index in [1.165, 1.54) is 31.3 Å². The average Bonchev–Trinajstić information content (AvgIpc) is 2.49. The standard InChI is InChI=1S/C14H12N2O4S/c1-15-14(18)9-6-7-12(10(8-9)16(19)20)21-13-5-3-2-4-11(13)17/h2-8,17H,1H3,(H,15,18). The maximum Gasteiger partial charge on any atom is 0.284 e. The highest BCUT2D eigenvalue weighted by molar-refractivity contribution is 7.99. The average molecular weight is 304 g/mol. The van der Waals surface area contributed by atoms with E-state index in [0.717, 1.165) is 11.8 Å². The molecule has 2 N–H and O–H groups in total. The molecular weight excluding hydrogens is 292 g/mol. The van der Waals surface area contributed by atoms with Gasteiger partial charge in [0.2, 0.25) is 0 Å². The predicted molar refractivity (Wildman–Crippen MR) is 78.7 cm³/mol. The summed E-state index contributed by atoms with van der Waals surface area (Å²) < 4.78 is 0. The van der Waals surface area contributed by atoms with Crippen LogP contribution < -0.4 is 5.32 Å². The largest absolute Gasteiger partial charge is 0.507 e. The fourth-order valence-electron chi connectivity index (χ4n) is 1.69. The van der Waals surface area contributed by atoms with E-state index < -0.39 is 10.8 Å². The van der Waals surface area contributed by atoms with E-state index in [4.69, 9.17) is 0 Å². The molecule has 0 aromatic heterocycles. The molecule has 21 heavy (non-hydrogen) atoms. The predicted octanol–water partition coefficient (Wildman–Crippen LogP) is 2.81. The maximum atomic E-state index is 11.5. The number of amides is 1. The Morgan fingerprint density at radius 1 is 1.24 bits per heavy atom. The number of nitrogens with one attached hydrogen (secondary N) is 1. The third-order valence-corrected chi connectivity index (χ3v) is 3.86. The lowest BCUT2D eigenvalue weighted by Crippen LogP contribution is -2.17. The van der Waals surface area contributed by atoms with Crippen molar-refractivity contribution in [3.05, 3.63) is 58.1 Å². The lowest BCUT2D eigenvalue weighted by molar-refractivity contribution is -0.387. The highest BCUT2D eigenvalue weighted by atomic mass is 32.2. The SMILES string of the molecule is CNC(=O)c1ccc(Sc2ccccc2O)c([N+](=O)[O-])c1. The molecule has 0 saturated heterocycles. The van der Waals surface area contributed by atoms with Crippen LogP contribution in [0.4, 0.5) is 5.69 Å². The molecule has 108 valence electrons. The molecule has 0 heterocycles. The van der Waals surface area contributed by atoms with Gasteiger partial charge >= 0.3 is 0 Å². The zero-order valence-corrected chi connectivity index (χ0v) is 11.9.